The molecule has 2 heterocycles. The Balaban J connectivity index is 1.66. The van der Waals surface area contributed by atoms with Gasteiger partial charge in [-0.2, -0.15) is 15.0 Å². The summed E-state index contributed by atoms with van der Waals surface area (Å²) in [5, 5.41) is 12.6. The molecule has 20 heavy (non-hydrogen) atoms. The summed E-state index contributed by atoms with van der Waals surface area (Å²) in [5.74, 6) is 1.20. The molecule has 1 aliphatic heterocycles. The van der Waals surface area contributed by atoms with Crippen molar-refractivity contribution in [3.8, 4) is 0 Å². The topological polar surface area (TPSA) is 74.2 Å². The summed E-state index contributed by atoms with van der Waals surface area (Å²) in [6.45, 7) is 2.98. The highest BCUT2D eigenvalue weighted by Gasteiger charge is 2.41. The number of nitrogens with zero attached hydrogens (tertiary/aromatic N) is 4. The van der Waals surface area contributed by atoms with Crippen LogP contribution < -0.4 is 10.2 Å². The first-order chi connectivity index (χ1) is 9.71. The van der Waals surface area contributed by atoms with Crippen LogP contribution in [0.1, 0.15) is 32.1 Å². The summed E-state index contributed by atoms with van der Waals surface area (Å²) in [6.07, 6.45) is 5.48. The molecule has 0 amide bonds. The van der Waals surface area contributed by atoms with Crippen LogP contribution in [0.5, 0.6) is 0 Å². The molecule has 1 aliphatic carbocycles. The van der Waals surface area contributed by atoms with E-state index in [1.807, 2.05) is 0 Å². The minimum Gasteiger partial charge on any atom is -0.396 e. The molecule has 0 spiro atoms. The molecule has 110 valence electrons. The van der Waals surface area contributed by atoms with Gasteiger partial charge in [0, 0.05) is 26.2 Å². The summed E-state index contributed by atoms with van der Waals surface area (Å²) in [7, 11) is 0. The fraction of sp³-hybridized carbons (Fsp3) is 0.769. The Hall–Kier alpha value is -1.14. The van der Waals surface area contributed by atoms with Crippen LogP contribution in [0.4, 0.5) is 11.9 Å². The molecule has 0 aromatic carbocycles. The second-order valence-electron chi connectivity index (χ2n) is 5.75. The van der Waals surface area contributed by atoms with Gasteiger partial charge >= 0.3 is 0 Å². The molecule has 6 nitrogen and oxygen atoms in total. The molecule has 2 fully saturated rings. The van der Waals surface area contributed by atoms with E-state index in [9.17, 15) is 0 Å². The highest BCUT2D eigenvalue weighted by molar-refractivity contribution is 6.28. The first-order valence-electron chi connectivity index (χ1n) is 7.22. The first kappa shape index (κ1) is 13.8. The third kappa shape index (κ3) is 3.12. The van der Waals surface area contributed by atoms with Crippen molar-refractivity contribution in [3.63, 3.8) is 0 Å². The molecule has 1 saturated carbocycles. The van der Waals surface area contributed by atoms with Crippen molar-refractivity contribution in [2.24, 2.45) is 5.41 Å². The van der Waals surface area contributed by atoms with Gasteiger partial charge in [0.25, 0.3) is 0 Å². The van der Waals surface area contributed by atoms with Crippen molar-refractivity contribution >= 4 is 23.5 Å². The van der Waals surface area contributed by atoms with Crippen molar-refractivity contribution in [2.75, 3.05) is 36.5 Å². The van der Waals surface area contributed by atoms with Gasteiger partial charge in [0.15, 0.2) is 0 Å². The van der Waals surface area contributed by atoms with Gasteiger partial charge in [-0.1, -0.05) is 0 Å². The maximum absolute atomic E-state index is 9.07. The fourth-order valence-corrected chi connectivity index (χ4v) is 2.83. The van der Waals surface area contributed by atoms with Crippen LogP contribution in [-0.2, 0) is 0 Å². The van der Waals surface area contributed by atoms with E-state index >= 15 is 0 Å². The monoisotopic (exact) mass is 297 g/mol. The number of aromatic nitrogens is 3. The minimum absolute atomic E-state index is 0.224. The number of hydrogen-bond acceptors (Lipinski definition) is 6. The van der Waals surface area contributed by atoms with Gasteiger partial charge < -0.3 is 15.3 Å². The van der Waals surface area contributed by atoms with E-state index in [0.29, 0.717) is 11.9 Å². The summed E-state index contributed by atoms with van der Waals surface area (Å²) in [6, 6.07) is 0. The Morgan fingerprint density at radius 1 is 1.20 bits per heavy atom. The van der Waals surface area contributed by atoms with Crippen LogP contribution in [0.2, 0.25) is 5.28 Å². The van der Waals surface area contributed by atoms with Crippen molar-refractivity contribution < 1.29 is 5.11 Å². The normalized spacial score (nSPS) is 20.2. The van der Waals surface area contributed by atoms with Crippen LogP contribution in [0.15, 0.2) is 0 Å². The molecule has 1 aromatic heterocycles. The van der Waals surface area contributed by atoms with E-state index in [2.05, 4.69) is 25.2 Å². The fourth-order valence-electron chi connectivity index (χ4n) is 2.67. The van der Waals surface area contributed by atoms with Crippen molar-refractivity contribution in [1.29, 1.82) is 0 Å². The number of anilines is 2. The lowest BCUT2D eigenvalue weighted by molar-refractivity contribution is 0.253. The Bertz CT molecular complexity index is 474. The molecule has 0 bridgehead atoms. The van der Waals surface area contributed by atoms with Crippen LogP contribution in [0, 0.1) is 5.41 Å². The molecule has 2 aliphatic rings. The Morgan fingerprint density at radius 2 is 1.95 bits per heavy atom. The third-order valence-corrected chi connectivity index (χ3v) is 4.37. The summed E-state index contributed by atoms with van der Waals surface area (Å²) >= 11 is 5.99. The molecule has 1 saturated heterocycles. The summed E-state index contributed by atoms with van der Waals surface area (Å²) in [4.78, 5) is 14.9. The van der Waals surface area contributed by atoms with Gasteiger partial charge in [0.1, 0.15) is 0 Å². The van der Waals surface area contributed by atoms with Crippen molar-refractivity contribution in [3.05, 3.63) is 5.28 Å². The molecule has 2 N–H and O–H groups in total. The van der Waals surface area contributed by atoms with E-state index < -0.39 is 0 Å². The molecule has 0 radical (unpaired) electrons. The van der Waals surface area contributed by atoms with E-state index in [0.717, 1.165) is 38.9 Å². The zero-order valence-electron chi connectivity index (χ0n) is 11.5. The average molecular weight is 298 g/mol. The number of halogens is 1. The van der Waals surface area contributed by atoms with E-state index in [1.165, 1.54) is 12.8 Å². The lowest BCUT2D eigenvalue weighted by Crippen LogP contribution is -2.23. The number of nitrogens with one attached hydrogen (secondary N) is 1. The van der Waals surface area contributed by atoms with Gasteiger partial charge in [0.05, 0.1) is 0 Å². The van der Waals surface area contributed by atoms with Crippen LogP contribution in [0.25, 0.3) is 0 Å². The van der Waals surface area contributed by atoms with Crippen molar-refractivity contribution in [2.45, 2.75) is 32.1 Å². The zero-order chi connectivity index (χ0) is 14.0. The largest absolute Gasteiger partial charge is 0.396 e. The second kappa shape index (κ2) is 5.69. The van der Waals surface area contributed by atoms with E-state index in [-0.39, 0.29) is 17.3 Å². The maximum atomic E-state index is 9.07. The van der Waals surface area contributed by atoms with Crippen molar-refractivity contribution in [1.82, 2.24) is 15.0 Å². The number of hydrogen-bond donors (Lipinski definition) is 2. The summed E-state index contributed by atoms with van der Waals surface area (Å²) < 4.78 is 0. The number of aliphatic hydroxyl groups excluding tert-OH is 1. The lowest BCUT2D eigenvalue weighted by atomic mass is 10.0. The molecule has 0 unspecified atom stereocenters. The van der Waals surface area contributed by atoms with E-state index in [1.54, 1.807) is 0 Å². The molecular weight excluding hydrogens is 278 g/mol. The standard InChI is InChI=1S/C13H20ClN5O/c14-10-16-11(15-9-13(3-4-13)5-8-20)18-12(17-10)19-6-1-2-7-19/h20H,1-9H2,(H,15,16,17,18). The van der Waals surface area contributed by atoms with Gasteiger partial charge in [0.2, 0.25) is 17.2 Å². The summed E-state index contributed by atoms with van der Waals surface area (Å²) in [5.41, 5.74) is 0.224. The highest BCUT2D eigenvalue weighted by Crippen LogP contribution is 2.48. The van der Waals surface area contributed by atoms with Gasteiger partial charge in [-0.15, -0.1) is 0 Å². The Morgan fingerprint density at radius 3 is 2.60 bits per heavy atom. The maximum Gasteiger partial charge on any atom is 0.231 e. The van der Waals surface area contributed by atoms with Gasteiger partial charge in [-0.3, -0.25) is 0 Å². The van der Waals surface area contributed by atoms with E-state index in [4.69, 9.17) is 16.7 Å². The predicted molar refractivity (Wildman–Crippen MR) is 78.1 cm³/mol. The van der Waals surface area contributed by atoms with Crippen LogP contribution >= 0.6 is 11.6 Å². The molecular formula is C13H20ClN5O. The quantitative estimate of drug-likeness (QED) is 0.832. The predicted octanol–water partition coefficient (Wildman–Crippen LogP) is 1.70. The zero-order valence-corrected chi connectivity index (χ0v) is 12.2. The SMILES string of the molecule is OCCC1(CNc2nc(Cl)nc(N3CCCC3)n2)CC1. The van der Waals surface area contributed by atoms with Crippen LogP contribution in [-0.4, -0.2) is 46.3 Å². The Labute approximate surface area is 123 Å². The number of rotatable bonds is 6. The average Bonchev–Trinajstić information content (AvgIpc) is 2.99. The minimum atomic E-state index is 0.224. The smallest absolute Gasteiger partial charge is 0.231 e. The lowest BCUT2D eigenvalue weighted by Gasteiger charge is -2.17. The third-order valence-electron chi connectivity index (χ3n) is 4.21. The highest BCUT2D eigenvalue weighted by atomic mass is 35.5. The first-order valence-corrected chi connectivity index (χ1v) is 7.60. The van der Waals surface area contributed by atoms with Gasteiger partial charge in [-0.25, -0.2) is 0 Å². The molecule has 1 aromatic rings. The second-order valence-corrected chi connectivity index (χ2v) is 6.09. The Kier molecular flexibility index (Phi) is 3.94. The molecule has 0 atom stereocenters. The molecule has 7 heteroatoms. The molecule has 3 rings (SSSR count). The number of aliphatic hydroxyl groups is 1. The van der Waals surface area contributed by atoms with Crippen LogP contribution in [0.3, 0.4) is 0 Å². The van der Waals surface area contributed by atoms with Gasteiger partial charge in [-0.05, 0) is 49.1 Å².